The Bertz CT molecular complexity index is 1010. The summed E-state index contributed by atoms with van der Waals surface area (Å²) in [5, 5.41) is 10.2. The number of hydrogen-bond acceptors (Lipinski definition) is 3. The molecule has 0 fully saturated rings. The van der Waals surface area contributed by atoms with Gasteiger partial charge in [-0.1, -0.05) is 6.07 Å². The Labute approximate surface area is 159 Å². The molecule has 0 aliphatic heterocycles. The van der Waals surface area contributed by atoms with Crippen molar-refractivity contribution in [3.63, 3.8) is 0 Å². The third-order valence-corrected chi connectivity index (χ3v) is 4.47. The van der Waals surface area contributed by atoms with Crippen molar-refractivity contribution < 1.29 is 9.13 Å². The van der Waals surface area contributed by atoms with Crippen LogP contribution in [0.15, 0.2) is 36.4 Å². The van der Waals surface area contributed by atoms with Crippen LogP contribution >= 0.6 is 0 Å². The standard InChI is InChI=1S/C22H24FN3O/c1-13(2)26(17-7-9-21(19(23)11-17)27-14(3)4)22-15(5)18-8-6-16(12-24)10-20(18)25-22/h6-11,13-14,25H,1-5H3. The maximum absolute atomic E-state index is 14.6. The molecule has 1 N–H and O–H groups in total. The lowest BCUT2D eigenvalue weighted by Crippen LogP contribution is -2.26. The van der Waals surface area contributed by atoms with Gasteiger partial charge in [-0.15, -0.1) is 0 Å². The normalized spacial score (nSPS) is 11.2. The van der Waals surface area contributed by atoms with Gasteiger partial charge in [-0.2, -0.15) is 5.26 Å². The van der Waals surface area contributed by atoms with Gasteiger partial charge in [0.15, 0.2) is 11.6 Å². The van der Waals surface area contributed by atoms with Gasteiger partial charge < -0.3 is 14.6 Å². The molecule has 0 amide bonds. The summed E-state index contributed by atoms with van der Waals surface area (Å²) in [7, 11) is 0. The topological polar surface area (TPSA) is 52.0 Å². The van der Waals surface area contributed by atoms with Crippen molar-refractivity contribution in [3.05, 3.63) is 53.3 Å². The van der Waals surface area contributed by atoms with E-state index in [0.717, 1.165) is 28.0 Å². The van der Waals surface area contributed by atoms with E-state index in [2.05, 4.69) is 29.8 Å². The first-order valence-corrected chi connectivity index (χ1v) is 9.09. The Balaban J connectivity index is 2.09. The van der Waals surface area contributed by atoms with Crippen molar-refractivity contribution in [2.45, 2.75) is 46.8 Å². The number of ether oxygens (including phenoxy) is 1. The lowest BCUT2D eigenvalue weighted by molar-refractivity contribution is 0.231. The van der Waals surface area contributed by atoms with E-state index in [-0.39, 0.29) is 23.7 Å². The third-order valence-electron chi connectivity index (χ3n) is 4.47. The van der Waals surface area contributed by atoms with Gasteiger partial charge in [0.1, 0.15) is 5.82 Å². The summed E-state index contributed by atoms with van der Waals surface area (Å²) in [6.45, 7) is 9.89. The minimum Gasteiger partial charge on any atom is -0.488 e. The Morgan fingerprint density at radius 3 is 2.44 bits per heavy atom. The van der Waals surface area contributed by atoms with Gasteiger partial charge in [0.25, 0.3) is 0 Å². The van der Waals surface area contributed by atoms with E-state index >= 15 is 0 Å². The van der Waals surface area contributed by atoms with Gasteiger partial charge in [-0.05, 0) is 64.4 Å². The zero-order chi connectivity index (χ0) is 19.7. The first-order chi connectivity index (χ1) is 12.8. The summed E-state index contributed by atoms with van der Waals surface area (Å²) in [4.78, 5) is 5.47. The van der Waals surface area contributed by atoms with Gasteiger partial charge >= 0.3 is 0 Å². The number of aryl methyl sites for hydroxylation is 1. The lowest BCUT2D eigenvalue weighted by atomic mass is 10.1. The van der Waals surface area contributed by atoms with Gasteiger partial charge in [0, 0.05) is 28.7 Å². The van der Waals surface area contributed by atoms with Crippen LogP contribution in [0.3, 0.4) is 0 Å². The molecule has 0 aliphatic rings. The smallest absolute Gasteiger partial charge is 0.167 e. The highest BCUT2D eigenvalue weighted by molar-refractivity contribution is 5.91. The van der Waals surface area contributed by atoms with Crippen LogP contribution in [0.5, 0.6) is 5.75 Å². The first-order valence-electron chi connectivity index (χ1n) is 9.09. The molecular weight excluding hydrogens is 341 g/mol. The highest BCUT2D eigenvalue weighted by Gasteiger charge is 2.20. The molecule has 0 aliphatic carbocycles. The van der Waals surface area contributed by atoms with E-state index in [1.54, 1.807) is 6.07 Å². The molecule has 0 spiro atoms. The number of anilines is 2. The van der Waals surface area contributed by atoms with Crippen molar-refractivity contribution in [2.24, 2.45) is 0 Å². The molecule has 5 heteroatoms. The van der Waals surface area contributed by atoms with Crippen LogP contribution in [0.2, 0.25) is 0 Å². The Morgan fingerprint density at radius 1 is 1.11 bits per heavy atom. The highest BCUT2D eigenvalue weighted by atomic mass is 19.1. The van der Waals surface area contributed by atoms with Crippen LogP contribution in [0.4, 0.5) is 15.9 Å². The molecule has 27 heavy (non-hydrogen) atoms. The molecule has 0 atom stereocenters. The highest BCUT2D eigenvalue weighted by Crippen LogP contribution is 2.36. The molecule has 2 aromatic carbocycles. The fraction of sp³-hybridized carbons (Fsp3) is 0.318. The van der Waals surface area contributed by atoms with Crippen LogP contribution in [0.25, 0.3) is 10.9 Å². The quantitative estimate of drug-likeness (QED) is 0.620. The number of rotatable bonds is 5. The summed E-state index contributed by atoms with van der Waals surface area (Å²) < 4.78 is 20.1. The maximum Gasteiger partial charge on any atom is 0.167 e. The van der Waals surface area contributed by atoms with Crippen molar-refractivity contribution in [1.82, 2.24) is 4.98 Å². The number of nitrogens with one attached hydrogen (secondary N) is 1. The van der Waals surface area contributed by atoms with E-state index in [1.165, 1.54) is 6.07 Å². The number of fused-ring (bicyclic) bond motifs is 1. The average molecular weight is 365 g/mol. The van der Waals surface area contributed by atoms with Crippen molar-refractivity contribution >= 4 is 22.4 Å². The zero-order valence-corrected chi connectivity index (χ0v) is 16.3. The molecule has 0 bridgehead atoms. The van der Waals surface area contributed by atoms with Crippen LogP contribution in [0.1, 0.15) is 38.8 Å². The number of nitrogens with zero attached hydrogens (tertiary/aromatic N) is 2. The third kappa shape index (κ3) is 3.61. The second-order valence-corrected chi connectivity index (χ2v) is 7.22. The zero-order valence-electron chi connectivity index (χ0n) is 16.3. The summed E-state index contributed by atoms with van der Waals surface area (Å²) >= 11 is 0. The van der Waals surface area contributed by atoms with E-state index in [1.807, 2.05) is 45.0 Å². The number of H-pyrrole nitrogens is 1. The molecule has 140 valence electrons. The number of aromatic amines is 1. The molecule has 0 saturated heterocycles. The Hall–Kier alpha value is -3.00. The van der Waals surface area contributed by atoms with Crippen LogP contribution in [-0.2, 0) is 0 Å². The molecule has 1 heterocycles. The second-order valence-electron chi connectivity index (χ2n) is 7.22. The Morgan fingerprint density at radius 2 is 1.85 bits per heavy atom. The van der Waals surface area contributed by atoms with Gasteiger partial charge in [0.2, 0.25) is 0 Å². The molecule has 0 saturated carbocycles. The first kappa shape index (κ1) is 18.8. The van der Waals surface area contributed by atoms with Crippen LogP contribution in [-0.4, -0.2) is 17.1 Å². The molecular formula is C22H24FN3O. The van der Waals surface area contributed by atoms with E-state index < -0.39 is 0 Å². The summed E-state index contributed by atoms with van der Waals surface area (Å²) in [6.07, 6.45) is -0.0863. The van der Waals surface area contributed by atoms with Crippen molar-refractivity contribution in [2.75, 3.05) is 4.90 Å². The van der Waals surface area contributed by atoms with E-state index in [0.29, 0.717) is 5.56 Å². The fourth-order valence-corrected chi connectivity index (χ4v) is 3.31. The molecule has 4 nitrogen and oxygen atoms in total. The Kier molecular flexibility index (Phi) is 5.09. The number of benzene rings is 2. The number of nitriles is 1. The van der Waals surface area contributed by atoms with Gasteiger partial charge in [0.05, 0.1) is 17.7 Å². The van der Waals surface area contributed by atoms with Crippen LogP contribution in [0, 0.1) is 24.1 Å². The van der Waals surface area contributed by atoms with Gasteiger partial charge in [-0.25, -0.2) is 4.39 Å². The van der Waals surface area contributed by atoms with Gasteiger partial charge in [-0.3, -0.25) is 0 Å². The van der Waals surface area contributed by atoms with Crippen molar-refractivity contribution in [1.29, 1.82) is 5.26 Å². The number of hydrogen-bond donors (Lipinski definition) is 1. The molecule has 3 rings (SSSR count). The summed E-state index contributed by atoms with van der Waals surface area (Å²) in [5.74, 6) is 0.767. The van der Waals surface area contributed by atoms with E-state index in [4.69, 9.17) is 10.00 Å². The minimum atomic E-state index is -0.382. The number of aromatic nitrogens is 1. The fourth-order valence-electron chi connectivity index (χ4n) is 3.31. The summed E-state index contributed by atoms with van der Waals surface area (Å²) in [5.41, 5.74) is 3.31. The largest absolute Gasteiger partial charge is 0.488 e. The predicted octanol–water partition coefficient (Wildman–Crippen LogP) is 5.82. The molecule has 1 aromatic heterocycles. The molecule has 0 radical (unpaired) electrons. The van der Waals surface area contributed by atoms with Crippen LogP contribution < -0.4 is 9.64 Å². The molecule has 0 unspecified atom stereocenters. The average Bonchev–Trinajstić information content (AvgIpc) is 2.92. The lowest BCUT2D eigenvalue weighted by Gasteiger charge is -2.29. The predicted molar refractivity (Wildman–Crippen MR) is 107 cm³/mol. The molecule has 3 aromatic rings. The summed E-state index contributed by atoms with van der Waals surface area (Å²) in [6, 6.07) is 12.9. The van der Waals surface area contributed by atoms with Crippen molar-refractivity contribution in [3.8, 4) is 11.8 Å². The second kappa shape index (κ2) is 7.32. The number of halogens is 1. The maximum atomic E-state index is 14.6. The van der Waals surface area contributed by atoms with E-state index in [9.17, 15) is 4.39 Å². The minimum absolute atomic E-state index is 0.0863. The monoisotopic (exact) mass is 365 g/mol. The SMILES string of the molecule is Cc1c(N(c2ccc(OC(C)C)c(F)c2)C(C)C)[nH]c2cc(C#N)ccc12.